The van der Waals surface area contributed by atoms with Gasteiger partial charge in [-0.15, -0.1) is 0 Å². The fraction of sp³-hybridized carbons (Fsp3) is 0.133. The number of hydrogen-bond acceptors (Lipinski definition) is 1. The molecule has 0 aliphatic heterocycles. The van der Waals surface area contributed by atoms with E-state index in [1.807, 2.05) is 43.3 Å². The third-order valence-corrected chi connectivity index (χ3v) is 2.66. The highest BCUT2D eigenvalue weighted by atomic mass is 16.1. The highest BCUT2D eigenvalue weighted by Crippen LogP contribution is 2.18. The van der Waals surface area contributed by atoms with Crippen LogP contribution in [0.4, 0.5) is 0 Å². The topological polar surface area (TPSA) is 17.1 Å². The minimum Gasteiger partial charge on any atom is -0.289 e. The van der Waals surface area contributed by atoms with E-state index in [0.717, 1.165) is 17.6 Å². The van der Waals surface area contributed by atoms with Crippen LogP contribution in [0.1, 0.15) is 23.7 Å². The van der Waals surface area contributed by atoms with E-state index in [1.165, 1.54) is 5.57 Å². The maximum absolute atomic E-state index is 11.9. The fourth-order valence-corrected chi connectivity index (χ4v) is 1.68. The Bertz CT molecular complexity index is 475. The van der Waals surface area contributed by atoms with Gasteiger partial charge in [-0.1, -0.05) is 48.6 Å². The van der Waals surface area contributed by atoms with Gasteiger partial charge in [0, 0.05) is 5.56 Å². The summed E-state index contributed by atoms with van der Waals surface area (Å²) in [6, 6.07) is 9.35. The van der Waals surface area contributed by atoms with Crippen molar-refractivity contribution in [3.05, 3.63) is 71.3 Å². The molecule has 1 aromatic carbocycles. The average Bonchev–Trinajstić information content (AvgIpc) is 2.33. The summed E-state index contributed by atoms with van der Waals surface area (Å²) in [5.74, 6) is 0.0647. The molecule has 0 N–H and O–H groups in total. The van der Waals surface area contributed by atoms with Crippen molar-refractivity contribution in [1.29, 1.82) is 0 Å². The molecule has 0 saturated carbocycles. The first-order valence-corrected chi connectivity index (χ1v) is 5.42. The smallest absolute Gasteiger partial charge is 0.186 e. The van der Waals surface area contributed by atoms with Crippen LogP contribution < -0.4 is 0 Å². The summed E-state index contributed by atoms with van der Waals surface area (Å²) < 4.78 is 0. The van der Waals surface area contributed by atoms with E-state index < -0.39 is 0 Å². The first-order valence-electron chi connectivity index (χ1n) is 5.42. The Kier molecular flexibility index (Phi) is 3.16. The summed E-state index contributed by atoms with van der Waals surface area (Å²) >= 11 is 0. The molecule has 0 spiro atoms. The second kappa shape index (κ2) is 4.75. The Morgan fingerprint density at radius 1 is 1.25 bits per heavy atom. The van der Waals surface area contributed by atoms with E-state index in [2.05, 4.69) is 12.2 Å². The van der Waals surface area contributed by atoms with Gasteiger partial charge in [0.05, 0.1) is 0 Å². The first-order chi connectivity index (χ1) is 7.77. The van der Waals surface area contributed by atoms with Crippen LogP contribution in [0.2, 0.25) is 0 Å². The normalized spacial score (nSPS) is 17.3. The van der Waals surface area contributed by atoms with Gasteiger partial charge in [0.2, 0.25) is 0 Å². The zero-order chi connectivity index (χ0) is 11.4. The Morgan fingerprint density at radius 2 is 2.00 bits per heavy atom. The molecule has 0 heterocycles. The summed E-state index contributed by atoms with van der Waals surface area (Å²) in [7, 11) is 0. The van der Waals surface area contributed by atoms with Crippen molar-refractivity contribution in [1.82, 2.24) is 0 Å². The second-order valence-electron chi connectivity index (χ2n) is 3.86. The number of hydrogen-bond donors (Lipinski definition) is 0. The lowest BCUT2D eigenvalue weighted by molar-refractivity contribution is 0.104. The largest absolute Gasteiger partial charge is 0.289 e. The fourth-order valence-electron chi connectivity index (χ4n) is 1.68. The lowest BCUT2D eigenvalue weighted by Crippen LogP contribution is -1.97. The molecule has 1 nitrogen and oxygen atoms in total. The Morgan fingerprint density at radius 3 is 2.69 bits per heavy atom. The molecule has 1 aromatic rings. The van der Waals surface area contributed by atoms with E-state index in [9.17, 15) is 4.79 Å². The highest BCUT2D eigenvalue weighted by Gasteiger charge is 2.05. The number of allylic oxidation sites excluding steroid dienone is 6. The minimum absolute atomic E-state index is 0.0647. The molecule has 0 saturated heterocycles. The van der Waals surface area contributed by atoms with E-state index in [-0.39, 0.29) is 5.78 Å². The predicted molar refractivity (Wildman–Crippen MR) is 66.4 cm³/mol. The van der Waals surface area contributed by atoms with Gasteiger partial charge in [-0.25, -0.2) is 0 Å². The van der Waals surface area contributed by atoms with Crippen molar-refractivity contribution in [2.45, 2.75) is 13.3 Å². The Labute approximate surface area is 95.8 Å². The minimum atomic E-state index is 0.0647. The third kappa shape index (κ3) is 2.37. The summed E-state index contributed by atoms with van der Waals surface area (Å²) in [6.07, 6.45) is 8.87. The molecule has 0 bridgehead atoms. The molecular weight excluding hydrogens is 196 g/mol. The monoisotopic (exact) mass is 210 g/mol. The van der Waals surface area contributed by atoms with Crippen LogP contribution in [-0.2, 0) is 0 Å². The van der Waals surface area contributed by atoms with Crippen LogP contribution in [0.3, 0.4) is 0 Å². The zero-order valence-electron chi connectivity index (χ0n) is 9.31. The molecule has 0 atom stereocenters. The molecule has 0 radical (unpaired) electrons. The number of carbonyl (C=O) groups excluding carboxylic acids is 1. The molecule has 0 aromatic heterocycles. The van der Waals surface area contributed by atoms with E-state index >= 15 is 0 Å². The summed E-state index contributed by atoms with van der Waals surface area (Å²) in [5, 5.41) is 0. The summed E-state index contributed by atoms with van der Waals surface area (Å²) in [4.78, 5) is 11.9. The molecule has 0 unspecified atom stereocenters. The predicted octanol–water partition coefficient (Wildman–Crippen LogP) is 3.70. The van der Waals surface area contributed by atoms with Crippen LogP contribution in [0, 0.1) is 0 Å². The third-order valence-electron chi connectivity index (χ3n) is 2.66. The molecular formula is C15H14O. The Hall–Kier alpha value is -1.89. The van der Waals surface area contributed by atoms with Crippen molar-refractivity contribution < 1.29 is 4.79 Å². The van der Waals surface area contributed by atoms with E-state index in [1.54, 1.807) is 6.08 Å². The van der Waals surface area contributed by atoms with Crippen molar-refractivity contribution in [2.24, 2.45) is 0 Å². The number of rotatable bonds is 2. The number of carbonyl (C=O) groups is 1. The Balaban J connectivity index is 2.25. The van der Waals surface area contributed by atoms with Gasteiger partial charge in [0.25, 0.3) is 0 Å². The lowest BCUT2D eigenvalue weighted by atomic mass is 9.98. The van der Waals surface area contributed by atoms with Crippen LogP contribution in [0.25, 0.3) is 0 Å². The van der Waals surface area contributed by atoms with Crippen LogP contribution >= 0.6 is 0 Å². The van der Waals surface area contributed by atoms with Gasteiger partial charge < -0.3 is 0 Å². The quantitative estimate of drug-likeness (QED) is 0.537. The maximum atomic E-state index is 11.9. The molecule has 0 fully saturated rings. The summed E-state index contributed by atoms with van der Waals surface area (Å²) in [5.41, 5.74) is 2.92. The van der Waals surface area contributed by atoms with Gasteiger partial charge >= 0.3 is 0 Å². The van der Waals surface area contributed by atoms with Crippen LogP contribution in [-0.4, -0.2) is 5.78 Å². The second-order valence-corrected chi connectivity index (χ2v) is 3.86. The van der Waals surface area contributed by atoms with E-state index in [4.69, 9.17) is 0 Å². The standard InChI is InChI=1S/C15H14O/c1-12-7-5-6-10-14(12)11-15(16)13-8-3-2-4-9-13/h2-4,6-11H,5H2,1H3. The van der Waals surface area contributed by atoms with Crippen molar-refractivity contribution in [3.8, 4) is 0 Å². The van der Waals surface area contributed by atoms with Crippen molar-refractivity contribution in [2.75, 3.05) is 0 Å². The molecule has 2 rings (SSSR count). The van der Waals surface area contributed by atoms with Gasteiger partial charge in [-0.3, -0.25) is 4.79 Å². The maximum Gasteiger partial charge on any atom is 0.186 e. The average molecular weight is 210 g/mol. The number of ketones is 1. The number of benzene rings is 1. The van der Waals surface area contributed by atoms with Crippen LogP contribution in [0.5, 0.6) is 0 Å². The van der Waals surface area contributed by atoms with Crippen LogP contribution in [0.15, 0.2) is 65.8 Å². The molecule has 1 heteroatoms. The highest BCUT2D eigenvalue weighted by molar-refractivity contribution is 6.05. The molecule has 80 valence electrons. The lowest BCUT2D eigenvalue weighted by Gasteiger charge is -2.06. The van der Waals surface area contributed by atoms with Gasteiger partial charge in [-0.05, 0) is 30.6 Å². The molecule has 1 aliphatic carbocycles. The first kappa shape index (κ1) is 10.6. The SMILES string of the molecule is CC1=CCC=CC1=CC(=O)c1ccccc1. The van der Waals surface area contributed by atoms with Crippen molar-refractivity contribution >= 4 is 5.78 Å². The summed E-state index contributed by atoms with van der Waals surface area (Å²) in [6.45, 7) is 2.04. The molecule has 1 aliphatic rings. The van der Waals surface area contributed by atoms with E-state index in [0.29, 0.717) is 0 Å². The van der Waals surface area contributed by atoms with Gasteiger partial charge in [0.15, 0.2) is 5.78 Å². The van der Waals surface area contributed by atoms with Crippen molar-refractivity contribution in [3.63, 3.8) is 0 Å². The molecule has 16 heavy (non-hydrogen) atoms. The van der Waals surface area contributed by atoms with Gasteiger partial charge in [0.1, 0.15) is 0 Å². The molecule has 0 amide bonds. The zero-order valence-corrected chi connectivity index (χ0v) is 9.31. The van der Waals surface area contributed by atoms with Gasteiger partial charge in [-0.2, -0.15) is 0 Å².